The van der Waals surface area contributed by atoms with E-state index < -0.39 is 0 Å². The molecule has 1 aliphatic rings. The zero-order valence-electron chi connectivity index (χ0n) is 11.9. The Morgan fingerprint density at radius 2 is 2.20 bits per heavy atom. The molecule has 5 nitrogen and oxygen atoms in total. The molecule has 1 fully saturated rings. The molecule has 3 N–H and O–H groups in total. The zero-order valence-corrected chi connectivity index (χ0v) is 12.8. The molecule has 0 aliphatic carbocycles. The number of nitrogens with zero attached hydrogens (tertiary/aromatic N) is 2. The van der Waals surface area contributed by atoms with Gasteiger partial charge >= 0.3 is 0 Å². The Kier molecular flexibility index (Phi) is 6.42. The van der Waals surface area contributed by atoms with E-state index in [0.29, 0.717) is 12.2 Å². The smallest absolute Gasteiger partial charge is 0.270 e. The summed E-state index contributed by atoms with van der Waals surface area (Å²) in [5.74, 6) is -0.0665. The van der Waals surface area contributed by atoms with Crippen molar-refractivity contribution in [1.82, 2.24) is 15.2 Å². The SMILES string of the molecule is NCCc1nc(C(=O)NCCCN2CCCCC2)cs1. The maximum Gasteiger partial charge on any atom is 0.270 e. The van der Waals surface area contributed by atoms with E-state index in [4.69, 9.17) is 5.73 Å². The van der Waals surface area contributed by atoms with E-state index in [1.165, 1.54) is 43.7 Å². The molecular formula is C14H24N4OS. The number of hydrogen-bond acceptors (Lipinski definition) is 5. The van der Waals surface area contributed by atoms with Gasteiger partial charge in [0.1, 0.15) is 5.69 Å². The number of carbonyl (C=O) groups is 1. The summed E-state index contributed by atoms with van der Waals surface area (Å²) in [7, 11) is 0. The van der Waals surface area contributed by atoms with Gasteiger partial charge in [-0.3, -0.25) is 4.79 Å². The fourth-order valence-corrected chi connectivity index (χ4v) is 3.23. The summed E-state index contributed by atoms with van der Waals surface area (Å²) in [5, 5.41) is 5.69. The lowest BCUT2D eigenvalue weighted by Gasteiger charge is -2.26. The highest BCUT2D eigenvalue weighted by Gasteiger charge is 2.11. The molecule has 1 amide bonds. The first-order valence-electron chi connectivity index (χ1n) is 7.44. The standard InChI is InChI=1S/C14H24N4OS/c15-6-5-13-17-12(11-20-13)14(19)16-7-4-10-18-8-2-1-3-9-18/h11H,1-10,15H2,(H,16,19). The number of nitrogens with two attached hydrogens (primary N) is 1. The Morgan fingerprint density at radius 1 is 1.40 bits per heavy atom. The number of thiazole rings is 1. The van der Waals surface area contributed by atoms with E-state index in [9.17, 15) is 4.79 Å². The van der Waals surface area contributed by atoms with E-state index in [2.05, 4.69) is 15.2 Å². The van der Waals surface area contributed by atoms with Crippen molar-refractivity contribution in [2.75, 3.05) is 32.7 Å². The van der Waals surface area contributed by atoms with E-state index in [-0.39, 0.29) is 5.91 Å². The summed E-state index contributed by atoms with van der Waals surface area (Å²) in [5.41, 5.74) is 6.00. The molecule has 6 heteroatoms. The maximum absolute atomic E-state index is 11.9. The lowest BCUT2D eigenvalue weighted by atomic mass is 10.1. The third-order valence-electron chi connectivity index (χ3n) is 3.53. The minimum absolute atomic E-state index is 0.0665. The van der Waals surface area contributed by atoms with Gasteiger partial charge in [-0.05, 0) is 45.4 Å². The van der Waals surface area contributed by atoms with Crippen LogP contribution in [0, 0.1) is 0 Å². The molecule has 0 spiro atoms. The average molecular weight is 296 g/mol. The molecular weight excluding hydrogens is 272 g/mol. The molecule has 112 valence electrons. The van der Waals surface area contributed by atoms with Gasteiger partial charge in [0.25, 0.3) is 5.91 Å². The third kappa shape index (κ3) is 4.85. The van der Waals surface area contributed by atoms with Crippen LogP contribution in [0.2, 0.25) is 0 Å². The van der Waals surface area contributed by atoms with E-state index >= 15 is 0 Å². The molecule has 1 aromatic heterocycles. The topological polar surface area (TPSA) is 71.2 Å². The van der Waals surface area contributed by atoms with Crippen molar-refractivity contribution in [3.8, 4) is 0 Å². The fourth-order valence-electron chi connectivity index (χ4n) is 2.43. The third-order valence-corrected chi connectivity index (χ3v) is 4.44. The zero-order chi connectivity index (χ0) is 14.2. The highest BCUT2D eigenvalue weighted by Crippen LogP contribution is 2.10. The van der Waals surface area contributed by atoms with Gasteiger partial charge in [-0.25, -0.2) is 4.98 Å². The second-order valence-electron chi connectivity index (χ2n) is 5.18. The van der Waals surface area contributed by atoms with Crippen molar-refractivity contribution in [2.24, 2.45) is 5.73 Å². The summed E-state index contributed by atoms with van der Waals surface area (Å²) in [4.78, 5) is 18.7. The summed E-state index contributed by atoms with van der Waals surface area (Å²) >= 11 is 1.50. The minimum atomic E-state index is -0.0665. The largest absolute Gasteiger partial charge is 0.351 e. The molecule has 0 atom stereocenters. The lowest BCUT2D eigenvalue weighted by molar-refractivity contribution is 0.0946. The Hall–Kier alpha value is -0.980. The molecule has 0 aromatic carbocycles. The molecule has 0 unspecified atom stereocenters. The fraction of sp³-hybridized carbons (Fsp3) is 0.714. The van der Waals surface area contributed by atoms with Gasteiger partial charge in [0, 0.05) is 18.3 Å². The Balaban J connectivity index is 1.63. The molecule has 1 saturated heterocycles. The molecule has 1 aromatic rings. The number of carbonyl (C=O) groups excluding carboxylic acids is 1. The van der Waals surface area contributed by atoms with Crippen LogP contribution in [0.3, 0.4) is 0 Å². The predicted molar refractivity (Wildman–Crippen MR) is 82.1 cm³/mol. The second-order valence-corrected chi connectivity index (χ2v) is 6.12. The summed E-state index contributed by atoms with van der Waals surface area (Å²) in [6.07, 6.45) is 5.74. The maximum atomic E-state index is 11.9. The molecule has 0 radical (unpaired) electrons. The van der Waals surface area contributed by atoms with Gasteiger partial charge in [-0.1, -0.05) is 6.42 Å². The number of hydrogen-bond donors (Lipinski definition) is 2. The molecule has 0 bridgehead atoms. The van der Waals surface area contributed by atoms with Crippen LogP contribution in [-0.4, -0.2) is 48.5 Å². The van der Waals surface area contributed by atoms with Crippen LogP contribution in [0.25, 0.3) is 0 Å². The Bertz CT molecular complexity index is 415. The van der Waals surface area contributed by atoms with Crippen LogP contribution in [0.1, 0.15) is 41.2 Å². The van der Waals surface area contributed by atoms with Crippen molar-refractivity contribution >= 4 is 17.2 Å². The highest BCUT2D eigenvalue weighted by atomic mass is 32.1. The van der Waals surface area contributed by atoms with Crippen molar-refractivity contribution in [1.29, 1.82) is 0 Å². The number of piperidine rings is 1. The van der Waals surface area contributed by atoms with Crippen LogP contribution < -0.4 is 11.1 Å². The van der Waals surface area contributed by atoms with Crippen LogP contribution in [0.15, 0.2) is 5.38 Å². The summed E-state index contributed by atoms with van der Waals surface area (Å²) in [6, 6.07) is 0. The molecule has 0 saturated carbocycles. The van der Waals surface area contributed by atoms with Crippen molar-refractivity contribution in [3.63, 3.8) is 0 Å². The number of likely N-dealkylation sites (tertiary alicyclic amines) is 1. The van der Waals surface area contributed by atoms with E-state index in [1.54, 1.807) is 0 Å². The summed E-state index contributed by atoms with van der Waals surface area (Å²) in [6.45, 7) is 4.80. The monoisotopic (exact) mass is 296 g/mol. The van der Waals surface area contributed by atoms with E-state index in [1.807, 2.05) is 5.38 Å². The predicted octanol–water partition coefficient (Wildman–Crippen LogP) is 1.25. The van der Waals surface area contributed by atoms with Crippen molar-refractivity contribution in [2.45, 2.75) is 32.1 Å². The number of rotatable bonds is 7. The van der Waals surface area contributed by atoms with Gasteiger partial charge in [0.15, 0.2) is 0 Å². The van der Waals surface area contributed by atoms with Crippen molar-refractivity contribution in [3.05, 3.63) is 16.1 Å². The molecule has 2 heterocycles. The van der Waals surface area contributed by atoms with Gasteiger partial charge in [-0.2, -0.15) is 0 Å². The van der Waals surface area contributed by atoms with Crippen LogP contribution in [0.5, 0.6) is 0 Å². The van der Waals surface area contributed by atoms with Crippen LogP contribution in [-0.2, 0) is 6.42 Å². The van der Waals surface area contributed by atoms with Gasteiger partial charge in [-0.15, -0.1) is 11.3 Å². The highest BCUT2D eigenvalue weighted by molar-refractivity contribution is 7.09. The average Bonchev–Trinajstić information content (AvgIpc) is 2.94. The number of aromatic nitrogens is 1. The Morgan fingerprint density at radius 3 is 2.95 bits per heavy atom. The molecule has 2 rings (SSSR count). The first kappa shape index (κ1) is 15.4. The summed E-state index contributed by atoms with van der Waals surface area (Å²) < 4.78 is 0. The van der Waals surface area contributed by atoms with Crippen molar-refractivity contribution < 1.29 is 4.79 Å². The van der Waals surface area contributed by atoms with E-state index in [0.717, 1.165) is 30.9 Å². The van der Waals surface area contributed by atoms with Crippen LogP contribution >= 0.6 is 11.3 Å². The van der Waals surface area contributed by atoms with Crippen LogP contribution in [0.4, 0.5) is 0 Å². The normalized spacial score (nSPS) is 16.2. The molecule has 20 heavy (non-hydrogen) atoms. The second kappa shape index (κ2) is 8.34. The first-order valence-corrected chi connectivity index (χ1v) is 8.32. The van der Waals surface area contributed by atoms with Gasteiger partial charge in [0.2, 0.25) is 0 Å². The molecule has 1 aliphatic heterocycles. The van der Waals surface area contributed by atoms with Gasteiger partial charge < -0.3 is 16.0 Å². The lowest BCUT2D eigenvalue weighted by Crippen LogP contribution is -2.33. The first-order chi connectivity index (χ1) is 9.79. The minimum Gasteiger partial charge on any atom is -0.351 e. The Labute approximate surface area is 124 Å². The van der Waals surface area contributed by atoms with Gasteiger partial charge in [0.05, 0.1) is 5.01 Å². The number of amides is 1. The quantitative estimate of drug-likeness (QED) is 0.743. The number of nitrogens with one attached hydrogen (secondary N) is 1.